The third-order valence-electron chi connectivity index (χ3n) is 8.19. The first-order valence-corrected chi connectivity index (χ1v) is 17.0. The van der Waals surface area contributed by atoms with Gasteiger partial charge in [-0.1, -0.05) is 24.3 Å². The molecule has 1 aliphatic rings. The number of fused-ring (bicyclic) bond motifs is 3. The zero-order valence-electron chi connectivity index (χ0n) is 25.8. The van der Waals surface area contributed by atoms with Crippen LogP contribution >= 0.6 is 0 Å². The van der Waals surface area contributed by atoms with Crippen LogP contribution in [0.4, 0.5) is 17.3 Å². The van der Waals surface area contributed by atoms with E-state index in [-0.39, 0.29) is 20.4 Å². The van der Waals surface area contributed by atoms with Crippen molar-refractivity contribution >= 4 is 52.2 Å². The second-order valence-electron chi connectivity index (χ2n) is 12.3. The van der Waals surface area contributed by atoms with Crippen LogP contribution in [-0.2, 0) is 5.41 Å². The van der Waals surface area contributed by atoms with Crippen LogP contribution in [0.5, 0.6) is 11.5 Å². The van der Waals surface area contributed by atoms with E-state index in [0.29, 0.717) is 0 Å². The first-order chi connectivity index (χ1) is 22.4. The molecule has 0 aliphatic carbocycles. The molecule has 7 aromatic rings. The van der Waals surface area contributed by atoms with Gasteiger partial charge in [0.2, 0.25) is 0 Å². The molecule has 224 valence electrons. The van der Waals surface area contributed by atoms with E-state index in [2.05, 4.69) is 138 Å². The van der Waals surface area contributed by atoms with Gasteiger partial charge in [0.1, 0.15) is 0 Å². The normalized spacial score (nSPS) is 12.5. The molecule has 0 unspecified atom stereocenters. The summed E-state index contributed by atoms with van der Waals surface area (Å²) in [5, 5.41) is 0. The molecule has 0 atom stereocenters. The molecule has 8 rings (SSSR count). The monoisotopic (exact) mass is 666 g/mol. The Morgan fingerprint density at radius 3 is 2.39 bits per heavy atom. The molecule has 0 N–H and O–H groups in total. The minimum absolute atomic E-state index is 0.00538. The van der Waals surface area contributed by atoms with E-state index in [9.17, 15) is 0 Å². The molecule has 0 spiro atoms. The maximum absolute atomic E-state index is 6.58. The third-order valence-corrected chi connectivity index (χ3v) is 10.5. The molecule has 1 aliphatic heterocycles. The van der Waals surface area contributed by atoms with Gasteiger partial charge >= 0.3 is 239 Å². The number of ether oxygens (including phenoxy) is 1. The van der Waals surface area contributed by atoms with Crippen LogP contribution in [0.3, 0.4) is 0 Å². The number of nitrogens with zero attached hydrogens (tertiary/aromatic N) is 5. The van der Waals surface area contributed by atoms with Gasteiger partial charge in [-0.25, -0.2) is 0 Å². The van der Waals surface area contributed by atoms with Gasteiger partial charge in [-0.05, 0) is 12.1 Å². The Balaban J connectivity index is 1.17. The summed E-state index contributed by atoms with van der Waals surface area (Å²) in [6, 6.07) is 42.0. The van der Waals surface area contributed by atoms with Crippen LogP contribution in [0.15, 0.2) is 140 Å². The van der Waals surface area contributed by atoms with Crippen molar-refractivity contribution in [1.82, 2.24) is 14.5 Å². The summed E-state index contributed by atoms with van der Waals surface area (Å²) in [5.41, 5.74) is 6.66. The quantitative estimate of drug-likeness (QED) is 0.144. The number of pyridine rings is 2. The Hall–Kier alpha value is -5.23. The van der Waals surface area contributed by atoms with Crippen LogP contribution in [0.1, 0.15) is 26.3 Å². The minimum atomic E-state index is -0.00538. The predicted molar refractivity (Wildman–Crippen MR) is 185 cm³/mol. The fourth-order valence-electron chi connectivity index (χ4n) is 5.87. The Kier molecular flexibility index (Phi) is 6.93. The van der Waals surface area contributed by atoms with E-state index in [1.807, 2.05) is 36.7 Å². The van der Waals surface area contributed by atoms with Crippen LogP contribution in [-0.4, -0.2) is 29.5 Å². The second kappa shape index (κ2) is 11.3. The van der Waals surface area contributed by atoms with Gasteiger partial charge in [-0.2, -0.15) is 0 Å². The summed E-state index contributed by atoms with van der Waals surface area (Å²) >= 11 is 0.110. The van der Waals surface area contributed by atoms with E-state index in [1.165, 1.54) is 14.5 Å². The standard InChI is InChI=1S/C39H32N5OSe/c1-39(2,3)27-20-22-40-37(23-27)44-34-25-31(18-19-35(34)46-36-17-10-21-41-38(36)44)45-30-14-9-13-29(24-30)43-26-42(28-11-5-4-6-12-28)32-15-7-8-16-33(32)43/h4-26H,1-3H3/q+1. The number of rotatable bonds is 5. The van der Waals surface area contributed by atoms with Gasteiger partial charge in [0.25, 0.3) is 0 Å². The average molecular weight is 666 g/mol. The van der Waals surface area contributed by atoms with E-state index in [1.54, 1.807) is 0 Å². The molecule has 4 heterocycles. The van der Waals surface area contributed by atoms with Crippen molar-refractivity contribution in [2.24, 2.45) is 0 Å². The zero-order valence-corrected chi connectivity index (χ0v) is 27.5. The Bertz CT molecular complexity index is 2220. The number of hydrogen-bond donors (Lipinski definition) is 0. The molecule has 7 heteroatoms. The average Bonchev–Trinajstić information content (AvgIpc) is 3.47. The van der Waals surface area contributed by atoms with Crippen molar-refractivity contribution in [1.29, 1.82) is 0 Å². The van der Waals surface area contributed by atoms with Gasteiger partial charge in [-0.15, -0.1) is 0 Å². The second-order valence-corrected chi connectivity index (χ2v) is 14.6. The van der Waals surface area contributed by atoms with Crippen molar-refractivity contribution in [3.63, 3.8) is 0 Å². The van der Waals surface area contributed by atoms with Gasteiger partial charge in [-0.3, -0.25) is 0 Å². The molecule has 0 amide bonds. The van der Waals surface area contributed by atoms with Crippen molar-refractivity contribution in [3.05, 3.63) is 146 Å². The zero-order chi connectivity index (χ0) is 31.3. The topological polar surface area (TPSA) is 47.1 Å². The SMILES string of the molecule is CC(C)(C)c1ccnc(N2c3cc(Oc4cccc(-n5c[n+](-c6ccccc6)c6ccccc65)c4)ccc3[Se]c3cccnc32)c1. The molecule has 0 bridgehead atoms. The molecule has 0 radical (unpaired) electrons. The van der Waals surface area contributed by atoms with Crippen LogP contribution in [0, 0.1) is 0 Å². The van der Waals surface area contributed by atoms with Gasteiger partial charge < -0.3 is 0 Å². The van der Waals surface area contributed by atoms with Gasteiger partial charge in [0, 0.05) is 0 Å². The number of hydrogen-bond acceptors (Lipinski definition) is 4. The number of imidazole rings is 1. The maximum atomic E-state index is 6.58. The van der Waals surface area contributed by atoms with Crippen molar-refractivity contribution in [2.75, 3.05) is 4.90 Å². The molecular formula is C39H32N5OSe+. The predicted octanol–water partition coefficient (Wildman–Crippen LogP) is 7.23. The number of benzene rings is 4. The molecule has 0 saturated carbocycles. The summed E-state index contributed by atoms with van der Waals surface area (Å²) < 4.78 is 13.5. The number of anilines is 3. The fraction of sp³-hybridized carbons (Fsp3) is 0.103. The van der Waals surface area contributed by atoms with Crippen LogP contribution in [0.2, 0.25) is 0 Å². The molecule has 3 aromatic heterocycles. The first kappa shape index (κ1) is 28.3. The fourth-order valence-corrected chi connectivity index (χ4v) is 7.99. The molecule has 0 fully saturated rings. The summed E-state index contributed by atoms with van der Waals surface area (Å²) in [5.74, 6) is 3.31. The summed E-state index contributed by atoms with van der Waals surface area (Å²) in [6.07, 6.45) is 5.90. The van der Waals surface area contributed by atoms with E-state index < -0.39 is 0 Å². The van der Waals surface area contributed by atoms with Gasteiger partial charge in [0.15, 0.2) is 0 Å². The Labute approximate surface area is 274 Å². The number of aromatic nitrogens is 4. The van der Waals surface area contributed by atoms with E-state index in [0.717, 1.165) is 51.2 Å². The molecule has 6 nitrogen and oxygen atoms in total. The van der Waals surface area contributed by atoms with Gasteiger partial charge in [0.05, 0.1) is 0 Å². The number of para-hydroxylation sites is 3. The van der Waals surface area contributed by atoms with E-state index >= 15 is 0 Å². The summed E-state index contributed by atoms with van der Waals surface area (Å²) in [4.78, 5) is 11.8. The molecule has 4 aromatic carbocycles. The van der Waals surface area contributed by atoms with E-state index in [4.69, 9.17) is 14.7 Å². The molecule has 46 heavy (non-hydrogen) atoms. The van der Waals surface area contributed by atoms with Crippen molar-refractivity contribution < 1.29 is 9.30 Å². The third kappa shape index (κ3) is 5.14. The molecule has 0 saturated heterocycles. The molecular weight excluding hydrogens is 633 g/mol. The van der Waals surface area contributed by atoms with Crippen molar-refractivity contribution in [3.8, 4) is 22.9 Å². The van der Waals surface area contributed by atoms with Crippen molar-refractivity contribution in [2.45, 2.75) is 26.2 Å². The van der Waals surface area contributed by atoms with Crippen LogP contribution in [0.25, 0.3) is 22.4 Å². The summed E-state index contributed by atoms with van der Waals surface area (Å²) in [7, 11) is 0. The van der Waals surface area contributed by atoms with Crippen LogP contribution < -0.4 is 23.1 Å². The first-order valence-electron chi connectivity index (χ1n) is 15.3. The summed E-state index contributed by atoms with van der Waals surface area (Å²) in [6.45, 7) is 6.68. The Morgan fingerprint density at radius 1 is 0.696 bits per heavy atom. The Morgan fingerprint density at radius 2 is 1.52 bits per heavy atom.